The quantitative estimate of drug-likeness (QED) is 0.880. The molecule has 1 aromatic carbocycles. The average Bonchev–Trinajstić information content (AvgIpc) is 2.75. The molecule has 2 aromatic rings. The van der Waals surface area contributed by atoms with E-state index in [0.29, 0.717) is 5.82 Å². The van der Waals surface area contributed by atoms with Crippen molar-refractivity contribution in [3.05, 3.63) is 47.5 Å². The van der Waals surface area contributed by atoms with Crippen molar-refractivity contribution in [3.8, 4) is 0 Å². The second kappa shape index (κ2) is 4.75. The molecule has 0 atom stereocenters. The molecule has 0 unspecified atom stereocenters. The lowest BCUT2D eigenvalue weighted by molar-refractivity contribution is -0.136. The zero-order valence-electron chi connectivity index (χ0n) is 9.88. The highest BCUT2D eigenvalue weighted by molar-refractivity contribution is 6.03. The molecule has 4 nitrogen and oxygen atoms in total. The Morgan fingerprint density at radius 1 is 1.32 bits per heavy atom. The van der Waals surface area contributed by atoms with E-state index < -0.39 is 17.6 Å². The number of para-hydroxylation sites is 1. The van der Waals surface area contributed by atoms with Crippen LogP contribution in [0, 0.1) is 6.92 Å². The van der Waals surface area contributed by atoms with E-state index in [2.05, 4.69) is 15.3 Å². The van der Waals surface area contributed by atoms with Crippen molar-refractivity contribution < 1.29 is 18.0 Å². The normalized spacial score (nSPS) is 11.4. The van der Waals surface area contributed by atoms with Gasteiger partial charge in [0, 0.05) is 0 Å². The van der Waals surface area contributed by atoms with Crippen molar-refractivity contribution in [2.75, 3.05) is 5.32 Å². The van der Waals surface area contributed by atoms with Gasteiger partial charge in [-0.1, -0.05) is 12.1 Å². The van der Waals surface area contributed by atoms with Crippen LogP contribution in [0.3, 0.4) is 0 Å². The van der Waals surface area contributed by atoms with Gasteiger partial charge in [-0.2, -0.15) is 13.2 Å². The Kier molecular flexibility index (Phi) is 3.28. The molecule has 0 saturated heterocycles. The van der Waals surface area contributed by atoms with Crippen molar-refractivity contribution >= 4 is 11.6 Å². The molecule has 1 heterocycles. The first-order chi connectivity index (χ1) is 8.88. The van der Waals surface area contributed by atoms with E-state index in [9.17, 15) is 18.0 Å². The van der Waals surface area contributed by atoms with Gasteiger partial charge in [0.1, 0.15) is 11.5 Å². The molecule has 0 bridgehead atoms. The van der Waals surface area contributed by atoms with Gasteiger partial charge in [-0.25, -0.2) is 4.98 Å². The molecule has 7 heteroatoms. The van der Waals surface area contributed by atoms with Crippen LogP contribution in [0.5, 0.6) is 0 Å². The van der Waals surface area contributed by atoms with E-state index in [-0.39, 0.29) is 11.4 Å². The van der Waals surface area contributed by atoms with Crippen LogP contribution in [0.4, 0.5) is 18.9 Å². The molecule has 19 heavy (non-hydrogen) atoms. The third-order valence-electron chi connectivity index (χ3n) is 2.43. The van der Waals surface area contributed by atoms with E-state index in [0.717, 1.165) is 6.07 Å². The second-order valence-corrected chi connectivity index (χ2v) is 3.88. The van der Waals surface area contributed by atoms with Crippen LogP contribution in [0.25, 0.3) is 0 Å². The Morgan fingerprint density at radius 3 is 2.58 bits per heavy atom. The van der Waals surface area contributed by atoms with Crippen LogP contribution < -0.4 is 5.32 Å². The van der Waals surface area contributed by atoms with Gasteiger partial charge in [0.05, 0.1) is 17.4 Å². The van der Waals surface area contributed by atoms with Crippen molar-refractivity contribution in [1.82, 2.24) is 9.97 Å². The number of carbonyl (C=O) groups is 1. The molecule has 2 rings (SSSR count). The average molecular weight is 269 g/mol. The fourth-order valence-corrected chi connectivity index (χ4v) is 1.57. The van der Waals surface area contributed by atoms with Crippen LogP contribution in [0.1, 0.15) is 21.9 Å². The number of amides is 1. The summed E-state index contributed by atoms with van der Waals surface area (Å²) in [5, 5.41) is 2.22. The molecule has 0 aliphatic heterocycles. The predicted molar refractivity (Wildman–Crippen MR) is 62.7 cm³/mol. The van der Waals surface area contributed by atoms with E-state index in [1.54, 1.807) is 6.92 Å². The first kappa shape index (κ1) is 13.1. The number of aromatic amines is 1. The fraction of sp³-hybridized carbons (Fsp3) is 0.167. The maximum atomic E-state index is 12.7. The van der Waals surface area contributed by atoms with Gasteiger partial charge in [0.25, 0.3) is 5.91 Å². The number of nitrogens with zero attached hydrogens (tertiary/aromatic N) is 1. The van der Waals surface area contributed by atoms with E-state index in [1.807, 2.05) is 0 Å². The van der Waals surface area contributed by atoms with E-state index in [4.69, 9.17) is 0 Å². The van der Waals surface area contributed by atoms with Crippen molar-refractivity contribution in [2.24, 2.45) is 0 Å². The summed E-state index contributed by atoms with van der Waals surface area (Å²) >= 11 is 0. The van der Waals surface area contributed by atoms with Crippen LogP contribution in [-0.4, -0.2) is 15.9 Å². The van der Waals surface area contributed by atoms with E-state index >= 15 is 0 Å². The second-order valence-electron chi connectivity index (χ2n) is 3.88. The predicted octanol–water partition coefficient (Wildman–Crippen LogP) is 2.99. The lowest BCUT2D eigenvalue weighted by Crippen LogP contribution is -2.16. The number of H-pyrrole nitrogens is 1. The topological polar surface area (TPSA) is 57.8 Å². The van der Waals surface area contributed by atoms with Crippen molar-refractivity contribution in [1.29, 1.82) is 0 Å². The van der Waals surface area contributed by atoms with Gasteiger partial charge in [0.2, 0.25) is 0 Å². The highest BCUT2D eigenvalue weighted by Crippen LogP contribution is 2.34. The van der Waals surface area contributed by atoms with Gasteiger partial charge in [-0.05, 0) is 19.1 Å². The van der Waals surface area contributed by atoms with Gasteiger partial charge < -0.3 is 10.3 Å². The van der Waals surface area contributed by atoms with Crippen molar-refractivity contribution in [3.63, 3.8) is 0 Å². The molecule has 100 valence electrons. The molecule has 0 spiro atoms. The number of carbonyl (C=O) groups excluding carboxylic acids is 1. The minimum atomic E-state index is -4.52. The molecular formula is C12H10F3N3O. The number of hydrogen-bond donors (Lipinski definition) is 2. The summed E-state index contributed by atoms with van der Waals surface area (Å²) in [5.41, 5.74) is -1.07. The number of aromatic nitrogens is 2. The smallest absolute Gasteiger partial charge is 0.338 e. The minimum Gasteiger partial charge on any atom is -0.338 e. The number of alkyl halides is 3. The maximum Gasteiger partial charge on any atom is 0.418 e. The summed E-state index contributed by atoms with van der Waals surface area (Å²) in [6.45, 7) is 1.64. The SMILES string of the molecule is Cc1ncc(C(=O)Nc2ccccc2C(F)(F)F)[nH]1. The highest BCUT2D eigenvalue weighted by Gasteiger charge is 2.33. The zero-order valence-corrected chi connectivity index (χ0v) is 9.88. The van der Waals surface area contributed by atoms with E-state index in [1.165, 1.54) is 24.4 Å². The lowest BCUT2D eigenvalue weighted by atomic mass is 10.1. The fourth-order valence-electron chi connectivity index (χ4n) is 1.57. The summed E-state index contributed by atoms with van der Waals surface area (Å²) < 4.78 is 38.2. The highest BCUT2D eigenvalue weighted by atomic mass is 19.4. The van der Waals surface area contributed by atoms with Crippen LogP contribution in [-0.2, 0) is 6.18 Å². The molecular weight excluding hydrogens is 259 g/mol. The molecule has 1 amide bonds. The Balaban J connectivity index is 2.27. The Morgan fingerprint density at radius 2 is 2.00 bits per heavy atom. The summed E-state index contributed by atoms with van der Waals surface area (Å²) in [5.74, 6) is -0.161. The molecule has 0 aliphatic carbocycles. The summed E-state index contributed by atoms with van der Waals surface area (Å²) in [6.07, 6.45) is -3.26. The number of hydrogen-bond acceptors (Lipinski definition) is 2. The zero-order chi connectivity index (χ0) is 14.0. The number of nitrogens with one attached hydrogen (secondary N) is 2. The number of anilines is 1. The Hall–Kier alpha value is -2.31. The molecule has 0 fully saturated rings. The standard InChI is InChI=1S/C12H10F3N3O/c1-7-16-6-10(17-7)11(19)18-9-5-3-2-4-8(9)12(13,14)15/h2-6H,1H3,(H,16,17)(H,18,19). The maximum absolute atomic E-state index is 12.7. The molecule has 0 radical (unpaired) electrons. The van der Waals surface area contributed by atoms with Crippen LogP contribution >= 0.6 is 0 Å². The van der Waals surface area contributed by atoms with Gasteiger partial charge >= 0.3 is 6.18 Å². The first-order valence-corrected chi connectivity index (χ1v) is 5.37. The monoisotopic (exact) mass is 269 g/mol. The van der Waals surface area contributed by atoms with Crippen molar-refractivity contribution in [2.45, 2.75) is 13.1 Å². The molecule has 0 saturated carbocycles. The van der Waals surface area contributed by atoms with Crippen LogP contribution in [0.15, 0.2) is 30.5 Å². The summed E-state index contributed by atoms with van der Waals surface area (Å²) in [6, 6.07) is 4.79. The largest absolute Gasteiger partial charge is 0.418 e. The Labute approximate surface area is 106 Å². The summed E-state index contributed by atoms with van der Waals surface area (Å²) in [4.78, 5) is 18.2. The van der Waals surface area contributed by atoms with Gasteiger partial charge in [-0.3, -0.25) is 4.79 Å². The number of halogens is 3. The van der Waals surface area contributed by atoms with Gasteiger partial charge in [0.15, 0.2) is 0 Å². The lowest BCUT2D eigenvalue weighted by Gasteiger charge is -2.12. The van der Waals surface area contributed by atoms with Crippen LogP contribution in [0.2, 0.25) is 0 Å². The van der Waals surface area contributed by atoms with Gasteiger partial charge in [-0.15, -0.1) is 0 Å². The number of benzene rings is 1. The summed E-state index contributed by atoms with van der Waals surface area (Å²) in [7, 11) is 0. The number of rotatable bonds is 2. The number of imidazole rings is 1. The third kappa shape index (κ3) is 2.93. The first-order valence-electron chi connectivity index (χ1n) is 5.37. The molecule has 0 aliphatic rings. The molecule has 1 aromatic heterocycles. The Bertz CT molecular complexity index is 604. The third-order valence-corrected chi connectivity index (χ3v) is 2.43. The molecule has 2 N–H and O–H groups in total. The minimum absolute atomic E-state index is 0.106. The number of aryl methyl sites for hydroxylation is 1.